The van der Waals surface area contributed by atoms with Crippen LogP contribution in [0, 0.1) is 6.92 Å². The maximum Gasteiger partial charge on any atom is 0.251 e. The van der Waals surface area contributed by atoms with Crippen LogP contribution in [0.1, 0.15) is 52.8 Å². The molecule has 0 bridgehead atoms. The molecule has 1 amide bonds. The number of rotatable bonds is 9. The highest BCUT2D eigenvalue weighted by Gasteiger charge is 2.25. The lowest BCUT2D eigenvalue weighted by Gasteiger charge is -2.13. The molecule has 0 saturated carbocycles. The van der Waals surface area contributed by atoms with Crippen molar-refractivity contribution in [2.45, 2.75) is 52.5 Å². The van der Waals surface area contributed by atoms with Crippen LogP contribution in [0.4, 0.5) is 0 Å². The second-order valence-electron chi connectivity index (χ2n) is 7.97. The number of para-hydroxylation sites is 1. The summed E-state index contributed by atoms with van der Waals surface area (Å²) in [5.74, 6) is -0.380. The van der Waals surface area contributed by atoms with Gasteiger partial charge in [-0.15, -0.1) is 11.3 Å². The number of fused-ring (bicyclic) bond motifs is 1. The van der Waals surface area contributed by atoms with E-state index in [1.807, 2.05) is 31.2 Å². The minimum absolute atomic E-state index is 0.380. The summed E-state index contributed by atoms with van der Waals surface area (Å²) in [5.41, 5.74) is 11.3. The third kappa shape index (κ3) is 4.42. The number of benzene rings is 1. The molecule has 0 aliphatic heterocycles. The summed E-state index contributed by atoms with van der Waals surface area (Å²) >= 11 is 1.77. The number of thiophene rings is 1. The number of pyridine rings is 1. The van der Waals surface area contributed by atoms with Gasteiger partial charge in [0, 0.05) is 33.8 Å². The zero-order valence-electron chi connectivity index (χ0n) is 18.2. The van der Waals surface area contributed by atoms with Crippen LogP contribution in [0.3, 0.4) is 0 Å². The Balaban J connectivity index is 1.85. The van der Waals surface area contributed by atoms with Crippen molar-refractivity contribution in [1.82, 2.24) is 9.55 Å². The molecule has 0 aliphatic rings. The summed E-state index contributed by atoms with van der Waals surface area (Å²) in [4.78, 5) is 18.9. The monoisotopic (exact) mass is 431 g/mol. The predicted molar refractivity (Wildman–Crippen MR) is 130 cm³/mol. The Labute approximate surface area is 187 Å². The van der Waals surface area contributed by atoms with E-state index in [0.29, 0.717) is 5.56 Å². The SMILES string of the molecule is CCCCCc1c(-c2ccc3ccccc3n2)c(C(N)=O)c(C)n1CCc1cccs1. The standard InChI is InChI=1S/C26H29N3OS/c1-3-4-5-12-23-25(22-14-13-19-9-6-7-11-21(19)28-22)24(26(27)30)18(2)29(23)16-15-20-10-8-17-31-20/h6-11,13-14,17H,3-5,12,15-16H2,1-2H3,(H2,27,30). The molecule has 0 radical (unpaired) electrons. The van der Waals surface area contributed by atoms with Crippen molar-refractivity contribution >= 4 is 28.1 Å². The molecule has 1 aromatic carbocycles. The van der Waals surface area contributed by atoms with Crippen molar-refractivity contribution in [3.05, 3.63) is 75.7 Å². The first-order valence-electron chi connectivity index (χ1n) is 11.0. The lowest BCUT2D eigenvalue weighted by atomic mass is 10.0. The van der Waals surface area contributed by atoms with Gasteiger partial charge in [-0.2, -0.15) is 0 Å². The topological polar surface area (TPSA) is 60.9 Å². The molecule has 4 nitrogen and oxygen atoms in total. The van der Waals surface area contributed by atoms with E-state index in [9.17, 15) is 4.79 Å². The minimum atomic E-state index is -0.380. The van der Waals surface area contributed by atoms with E-state index in [1.165, 1.54) is 10.6 Å². The number of aromatic nitrogens is 2. The van der Waals surface area contributed by atoms with Crippen molar-refractivity contribution < 1.29 is 4.79 Å². The highest BCUT2D eigenvalue weighted by molar-refractivity contribution is 7.09. The third-order valence-corrected chi connectivity index (χ3v) is 6.85. The summed E-state index contributed by atoms with van der Waals surface area (Å²) in [7, 11) is 0. The molecule has 31 heavy (non-hydrogen) atoms. The largest absolute Gasteiger partial charge is 0.366 e. The fourth-order valence-electron chi connectivity index (χ4n) is 4.36. The van der Waals surface area contributed by atoms with Crippen LogP contribution in [-0.2, 0) is 19.4 Å². The lowest BCUT2D eigenvalue weighted by molar-refractivity contribution is 0.1000. The third-order valence-electron chi connectivity index (χ3n) is 5.91. The molecule has 0 unspecified atom stereocenters. The molecular formula is C26H29N3OS. The summed E-state index contributed by atoms with van der Waals surface area (Å²) in [6.07, 6.45) is 5.25. The highest BCUT2D eigenvalue weighted by Crippen LogP contribution is 2.34. The average molecular weight is 432 g/mol. The molecule has 160 valence electrons. The summed E-state index contributed by atoms with van der Waals surface area (Å²) < 4.78 is 2.31. The predicted octanol–water partition coefficient (Wildman–Crippen LogP) is 6.15. The number of primary amides is 1. The number of hydrogen-bond donors (Lipinski definition) is 1. The maximum atomic E-state index is 12.6. The second kappa shape index (κ2) is 9.48. The van der Waals surface area contributed by atoms with Gasteiger partial charge in [0.15, 0.2) is 0 Å². The summed E-state index contributed by atoms with van der Waals surface area (Å²) in [6.45, 7) is 5.06. The zero-order valence-corrected chi connectivity index (χ0v) is 19.0. The normalized spacial score (nSPS) is 11.3. The first-order valence-corrected chi connectivity index (χ1v) is 11.9. The van der Waals surface area contributed by atoms with Gasteiger partial charge in [-0.25, -0.2) is 4.98 Å². The minimum Gasteiger partial charge on any atom is -0.366 e. The second-order valence-corrected chi connectivity index (χ2v) is 9.01. The molecule has 5 heteroatoms. The van der Waals surface area contributed by atoms with E-state index in [2.05, 4.69) is 41.1 Å². The van der Waals surface area contributed by atoms with Crippen molar-refractivity contribution in [3.63, 3.8) is 0 Å². The van der Waals surface area contributed by atoms with Gasteiger partial charge in [0.2, 0.25) is 0 Å². The van der Waals surface area contributed by atoms with E-state index in [-0.39, 0.29) is 5.91 Å². The number of aryl methyl sites for hydroxylation is 1. The Morgan fingerprint density at radius 3 is 2.65 bits per heavy atom. The molecule has 0 aliphatic carbocycles. The molecule has 0 saturated heterocycles. The fraction of sp³-hybridized carbons (Fsp3) is 0.308. The van der Waals surface area contributed by atoms with Crippen LogP contribution in [0.15, 0.2) is 53.9 Å². The molecule has 3 heterocycles. The van der Waals surface area contributed by atoms with Gasteiger partial charge in [0.1, 0.15) is 0 Å². The van der Waals surface area contributed by atoms with Gasteiger partial charge < -0.3 is 10.3 Å². The van der Waals surface area contributed by atoms with Crippen LogP contribution >= 0.6 is 11.3 Å². The number of carbonyl (C=O) groups is 1. The number of nitrogens with two attached hydrogens (primary N) is 1. The molecule has 4 aromatic rings. The van der Waals surface area contributed by atoms with E-state index in [1.54, 1.807) is 11.3 Å². The first kappa shape index (κ1) is 21.3. The first-order chi connectivity index (χ1) is 15.1. The zero-order chi connectivity index (χ0) is 21.8. The number of carbonyl (C=O) groups excluding carboxylic acids is 1. The Bertz CT molecular complexity index is 1190. The Morgan fingerprint density at radius 1 is 1.06 bits per heavy atom. The van der Waals surface area contributed by atoms with Gasteiger partial charge >= 0.3 is 0 Å². The molecule has 0 spiro atoms. The molecule has 2 N–H and O–H groups in total. The van der Waals surface area contributed by atoms with Crippen LogP contribution < -0.4 is 5.73 Å². The van der Waals surface area contributed by atoms with Gasteiger partial charge in [-0.1, -0.05) is 50.1 Å². The maximum absolute atomic E-state index is 12.6. The molecular weight excluding hydrogens is 402 g/mol. The molecule has 4 rings (SSSR count). The Hall–Kier alpha value is -2.92. The quantitative estimate of drug-likeness (QED) is 0.323. The number of unbranched alkanes of at least 4 members (excludes halogenated alkanes) is 2. The lowest BCUT2D eigenvalue weighted by Crippen LogP contribution is -2.14. The van der Waals surface area contributed by atoms with Crippen molar-refractivity contribution in [2.75, 3.05) is 0 Å². The van der Waals surface area contributed by atoms with Crippen LogP contribution in [-0.4, -0.2) is 15.5 Å². The Kier molecular flexibility index (Phi) is 6.52. The Morgan fingerprint density at radius 2 is 1.90 bits per heavy atom. The number of nitrogens with zero attached hydrogens (tertiary/aromatic N) is 2. The van der Waals surface area contributed by atoms with E-state index in [0.717, 1.165) is 66.5 Å². The summed E-state index contributed by atoms with van der Waals surface area (Å²) in [6, 6.07) is 16.4. The van der Waals surface area contributed by atoms with Crippen LogP contribution in [0.25, 0.3) is 22.2 Å². The number of amides is 1. The number of hydrogen-bond acceptors (Lipinski definition) is 3. The molecule has 0 fully saturated rings. The smallest absolute Gasteiger partial charge is 0.251 e. The fourth-order valence-corrected chi connectivity index (χ4v) is 5.06. The van der Waals surface area contributed by atoms with Crippen LogP contribution in [0.5, 0.6) is 0 Å². The van der Waals surface area contributed by atoms with Crippen LogP contribution in [0.2, 0.25) is 0 Å². The van der Waals surface area contributed by atoms with E-state index < -0.39 is 0 Å². The van der Waals surface area contributed by atoms with Crippen molar-refractivity contribution in [3.8, 4) is 11.3 Å². The van der Waals surface area contributed by atoms with Gasteiger partial charge in [0.05, 0.1) is 16.8 Å². The van der Waals surface area contributed by atoms with E-state index in [4.69, 9.17) is 10.7 Å². The summed E-state index contributed by atoms with van der Waals surface area (Å²) in [5, 5.41) is 3.20. The van der Waals surface area contributed by atoms with Crippen molar-refractivity contribution in [1.29, 1.82) is 0 Å². The molecule has 3 aromatic heterocycles. The van der Waals surface area contributed by atoms with Gasteiger partial charge in [-0.05, 0) is 49.8 Å². The highest BCUT2D eigenvalue weighted by atomic mass is 32.1. The average Bonchev–Trinajstić information content (AvgIpc) is 3.38. The van der Waals surface area contributed by atoms with E-state index >= 15 is 0 Å². The molecule has 0 atom stereocenters. The van der Waals surface area contributed by atoms with Gasteiger partial charge in [0.25, 0.3) is 5.91 Å². The van der Waals surface area contributed by atoms with Gasteiger partial charge in [-0.3, -0.25) is 4.79 Å². The van der Waals surface area contributed by atoms with Crippen molar-refractivity contribution in [2.24, 2.45) is 5.73 Å².